The summed E-state index contributed by atoms with van der Waals surface area (Å²) >= 11 is 0. The quantitative estimate of drug-likeness (QED) is 0.862. The maximum absolute atomic E-state index is 11.6. The minimum atomic E-state index is -3.20. The Morgan fingerprint density at radius 1 is 1.21 bits per heavy atom. The number of sulfone groups is 1. The molecule has 0 spiro atoms. The molecular formula is C18H17N3O2S. The van der Waals surface area contributed by atoms with Gasteiger partial charge in [-0.3, -0.25) is 5.01 Å². The second-order valence-electron chi connectivity index (χ2n) is 5.87. The number of nitrogens with zero attached hydrogens (tertiary/aromatic N) is 3. The standard InChI is InChI=1S/C18H17N3O2S/c1-21-18(15-5-3-4-13(10-15)12-19)11-17(20-21)14-6-8-16(9-7-14)24(2,22)23/h3-10,18H,11H2,1-2H3/t18-/m1/s1. The van der Waals surface area contributed by atoms with Gasteiger partial charge in [0, 0.05) is 19.7 Å². The number of rotatable bonds is 3. The van der Waals surface area contributed by atoms with Crippen LogP contribution in [0, 0.1) is 11.3 Å². The summed E-state index contributed by atoms with van der Waals surface area (Å²) in [5.41, 5.74) is 3.49. The summed E-state index contributed by atoms with van der Waals surface area (Å²) in [5.74, 6) is 0. The van der Waals surface area contributed by atoms with Crippen molar-refractivity contribution < 1.29 is 8.42 Å². The molecule has 1 heterocycles. The number of nitriles is 1. The smallest absolute Gasteiger partial charge is 0.175 e. The predicted molar refractivity (Wildman–Crippen MR) is 92.4 cm³/mol. The Bertz CT molecular complexity index is 941. The summed E-state index contributed by atoms with van der Waals surface area (Å²) < 4.78 is 23.1. The van der Waals surface area contributed by atoms with Crippen molar-refractivity contribution in [2.75, 3.05) is 13.3 Å². The van der Waals surface area contributed by atoms with Gasteiger partial charge in [0.05, 0.1) is 28.3 Å². The van der Waals surface area contributed by atoms with E-state index in [1.165, 1.54) is 6.26 Å². The lowest BCUT2D eigenvalue weighted by Gasteiger charge is -2.19. The molecule has 0 amide bonds. The third kappa shape index (κ3) is 3.17. The van der Waals surface area contributed by atoms with Crippen molar-refractivity contribution in [3.8, 4) is 6.07 Å². The van der Waals surface area contributed by atoms with E-state index in [-0.39, 0.29) is 6.04 Å². The van der Waals surface area contributed by atoms with Gasteiger partial charge >= 0.3 is 0 Å². The van der Waals surface area contributed by atoms with Crippen LogP contribution >= 0.6 is 0 Å². The normalized spacial score (nSPS) is 17.5. The van der Waals surface area contributed by atoms with Gasteiger partial charge in [0.15, 0.2) is 9.84 Å². The van der Waals surface area contributed by atoms with E-state index in [0.29, 0.717) is 16.9 Å². The largest absolute Gasteiger partial charge is 0.292 e. The molecule has 0 saturated carbocycles. The third-order valence-corrected chi connectivity index (χ3v) is 5.26. The number of hydrogen-bond donors (Lipinski definition) is 0. The molecule has 0 aromatic heterocycles. The van der Waals surface area contributed by atoms with Crippen molar-refractivity contribution in [2.24, 2.45) is 5.10 Å². The molecule has 1 aliphatic heterocycles. The summed E-state index contributed by atoms with van der Waals surface area (Å²) in [6, 6.07) is 16.6. The van der Waals surface area contributed by atoms with E-state index < -0.39 is 9.84 Å². The van der Waals surface area contributed by atoms with Gasteiger partial charge in [-0.1, -0.05) is 24.3 Å². The Kier molecular flexibility index (Phi) is 4.12. The van der Waals surface area contributed by atoms with Crippen LogP contribution in [0.15, 0.2) is 58.5 Å². The monoisotopic (exact) mass is 339 g/mol. The average molecular weight is 339 g/mol. The van der Waals surface area contributed by atoms with E-state index in [1.807, 2.05) is 30.3 Å². The Morgan fingerprint density at radius 3 is 2.54 bits per heavy atom. The summed E-state index contributed by atoms with van der Waals surface area (Å²) in [6.07, 6.45) is 1.91. The lowest BCUT2D eigenvalue weighted by molar-refractivity contribution is 0.290. The zero-order valence-electron chi connectivity index (χ0n) is 13.5. The Balaban J connectivity index is 1.85. The van der Waals surface area contributed by atoms with E-state index >= 15 is 0 Å². The fourth-order valence-electron chi connectivity index (χ4n) is 2.84. The Labute approximate surface area is 141 Å². The van der Waals surface area contributed by atoms with Gasteiger partial charge in [-0.15, -0.1) is 0 Å². The lowest BCUT2D eigenvalue weighted by atomic mass is 9.97. The van der Waals surface area contributed by atoms with Crippen LogP contribution in [0.2, 0.25) is 0 Å². The molecule has 0 bridgehead atoms. The van der Waals surface area contributed by atoms with Crippen LogP contribution in [0.1, 0.15) is 29.2 Å². The van der Waals surface area contributed by atoms with E-state index in [1.54, 1.807) is 30.3 Å². The molecule has 24 heavy (non-hydrogen) atoms. The van der Waals surface area contributed by atoms with Gasteiger partial charge in [-0.05, 0) is 35.4 Å². The highest BCUT2D eigenvalue weighted by atomic mass is 32.2. The molecule has 5 nitrogen and oxygen atoms in total. The Hall–Kier alpha value is -2.65. The van der Waals surface area contributed by atoms with Crippen molar-refractivity contribution >= 4 is 15.5 Å². The van der Waals surface area contributed by atoms with E-state index in [9.17, 15) is 8.42 Å². The van der Waals surface area contributed by atoms with Gasteiger partial charge in [0.25, 0.3) is 0 Å². The molecule has 122 valence electrons. The Morgan fingerprint density at radius 2 is 1.92 bits per heavy atom. The predicted octanol–water partition coefficient (Wildman–Crippen LogP) is 2.74. The molecule has 0 aliphatic carbocycles. The zero-order valence-corrected chi connectivity index (χ0v) is 14.3. The van der Waals surface area contributed by atoms with Gasteiger partial charge in [-0.25, -0.2) is 8.42 Å². The van der Waals surface area contributed by atoms with Gasteiger partial charge in [0.1, 0.15) is 0 Å². The second-order valence-corrected chi connectivity index (χ2v) is 7.89. The maximum atomic E-state index is 11.6. The number of hydrazone groups is 1. The highest BCUT2D eigenvalue weighted by Gasteiger charge is 2.26. The van der Waals surface area contributed by atoms with Gasteiger partial charge in [-0.2, -0.15) is 10.4 Å². The highest BCUT2D eigenvalue weighted by molar-refractivity contribution is 7.90. The molecule has 1 atom stereocenters. The van der Waals surface area contributed by atoms with Crippen molar-refractivity contribution in [1.29, 1.82) is 5.26 Å². The zero-order chi connectivity index (χ0) is 17.3. The van der Waals surface area contributed by atoms with E-state index in [0.717, 1.165) is 16.8 Å². The molecule has 2 aromatic rings. The van der Waals surface area contributed by atoms with Crippen LogP contribution in [0.25, 0.3) is 0 Å². The van der Waals surface area contributed by atoms with Crippen LogP contribution in [0.3, 0.4) is 0 Å². The van der Waals surface area contributed by atoms with Gasteiger partial charge in [0.2, 0.25) is 0 Å². The fourth-order valence-corrected chi connectivity index (χ4v) is 3.47. The van der Waals surface area contributed by atoms with Crippen molar-refractivity contribution in [2.45, 2.75) is 17.4 Å². The highest BCUT2D eigenvalue weighted by Crippen LogP contribution is 2.31. The lowest BCUT2D eigenvalue weighted by Crippen LogP contribution is -2.14. The molecule has 0 N–H and O–H groups in total. The first kappa shape index (κ1) is 16.2. The van der Waals surface area contributed by atoms with Crippen molar-refractivity contribution in [3.05, 3.63) is 65.2 Å². The summed E-state index contributed by atoms with van der Waals surface area (Å²) in [7, 11) is -1.29. The van der Waals surface area contributed by atoms with Crippen molar-refractivity contribution in [1.82, 2.24) is 5.01 Å². The first-order chi connectivity index (χ1) is 11.4. The molecule has 2 aromatic carbocycles. The molecule has 1 aliphatic rings. The average Bonchev–Trinajstić information content (AvgIpc) is 2.96. The second kappa shape index (κ2) is 6.10. The van der Waals surface area contributed by atoms with Gasteiger partial charge < -0.3 is 0 Å². The number of hydrogen-bond acceptors (Lipinski definition) is 5. The number of benzene rings is 2. The molecule has 0 fully saturated rings. The minimum Gasteiger partial charge on any atom is -0.292 e. The molecule has 0 saturated heterocycles. The van der Waals surface area contributed by atoms with E-state index in [4.69, 9.17) is 5.26 Å². The third-order valence-electron chi connectivity index (χ3n) is 4.13. The molecule has 0 radical (unpaired) electrons. The van der Waals surface area contributed by atoms with Crippen LogP contribution in [-0.4, -0.2) is 32.4 Å². The molecular weight excluding hydrogens is 322 g/mol. The fraction of sp³-hybridized carbons (Fsp3) is 0.222. The summed E-state index contributed by atoms with van der Waals surface area (Å²) in [5, 5.41) is 15.5. The molecule has 6 heteroatoms. The van der Waals surface area contributed by atoms with Crippen LogP contribution < -0.4 is 0 Å². The first-order valence-corrected chi connectivity index (χ1v) is 9.38. The van der Waals surface area contributed by atoms with Crippen LogP contribution in [0.4, 0.5) is 0 Å². The molecule has 3 rings (SSSR count). The van der Waals surface area contributed by atoms with E-state index in [2.05, 4.69) is 11.2 Å². The van der Waals surface area contributed by atoms with Crippen molar-refractivity contribution in [3.63, 3.8) is 0 Å². The maximum Gasteiger partial charge on any atom is 0.175 e. The topological polar surface area (TPSA) is 73.5 Å². The summed E-state index contributed by atoms with van der Waals surface area (Å²) in [6.45, 7) is 0. The SMILES string of the molecule is CN1N=C(c2ccc(S(C)(=O)=O)cc2)C[C@@H]1c1cccc(C#N)c1. The summed E-state index contributed by atoms with van der Waals surface area (Å²) in [4.78, 5) is 0.302. The molecule has 0 unspecified atom stereocenters. The van der Waals surface area contributed by atoms with Crippen LogP contribution in [-0.2, 0) is 9.84 Å². The minimum absolute atomic E-state index is 0.0721. The van der Waals surface area contributed by atoms with Crippen LogP contribution in [0.5, 0.6) is 0 Å². The first-order valence-electron chi connectivity index (χ1n) is 7.49.